The van der Waals surface area contributed by atoms with Crippen LogP contribution in [0.1, 0.15) is 16.0 Å². The second kappa shape index (κ2) is 6.33. The van der Waals surface area contributed by atoms with Crippen molar-refractivity contribution in [2.75, 3.05) is 18.9 Å². The Hall–Kier alpha value is -2.67. The first kappa shape index (κ1) is 15.8. The molecule has 0 fully saturated rings. The van der Waals surface area contributed by atoms with Gasteiger partial charge in [-0.1, -0.05) is 18.2 Å². The average molecular weight is 354 g/mol. The van der Waals surface area contributed by atoms with Gasteiger partial charge in [0.2, 0.25) is 0 Å². The normalized spacial score (nSPS) is 13.7. The van der Waals surface area contributed by atoms with Crippen molar-refractivity contribution < 1.29 is 9.53 Å². The molecule has 0 spiro atoms. The SMILES string of the molecule is Cc1ccccc1OCC(=O)N1CCc2c(sc3ncnc(N)c23)C1. The Kier molecular flexibility index (Phi) is 4.01. The molecule has 128 valence electrons. The molecule has 3 heterocycles. The molecule has 1 aliphatic heterocycles. The van der Waals surface area contributed by atoms with Crippen molar-refractivity contribution in [1.29, 1.82) is 0 Å². The molecule has 6 nitrogen and oxygen atoms in total. The van der Waals surface area contributed by atoms with Crippen LogP contribution in [-0.2, 0) is 17.8 Å². The third-order valence-electron chi connectivity index (χ3n) is 4.46. The number of aromatic nitrogens is 2. The summed E-state index contributed by atoms with van der Waals surface area (Å²) in [6.45, 7) is 3.25. The maximum absolute atomic E-state index is 12.5. The van der Waals surface area contributed by atoms with E-state index in [0.717, 1.165) is 32.8 Å². The smallest absolute Gasteiger partial charge is 0.260 e. The van der Waals surface area contributed by atoms with E-state index in [0.29, 0.717) is 18.9 Å². The number of thiophene rings is 1. The van der Waals surface area contributed by atoms with E-state index in [1.165, 1.54) is 11.9 Å². The zero-order valence-electron chi connectivity index (χ0n) is 13.9. The van der Waals surface area contributed by atoms with Crippen molar-refractivity contribution in [3.05, 3.63) is 46.6 Å². The summed E-state index contributed by atoms with van der Waals surface area (Å²) in [6, 6.07) is 7.70. The minimum absolute atomic E-state index is 0.00887. The molecule has 0 atom stereocenters. The zero-order valence-corrected chi connectivity index (χ0v) is 14.7. The number of benzene rings is 1. The number of rotatable bonds is 3. The Bertz CT molecular complexity index is 953. The lowest BCUT2D eigenvalue weighted by atomic mass is 10.1. The van der Waals surface area contributed by atoms with Crippen LogP contribution in [0.15, 0.2) is 30.6 Å². The fourth-order valence-corrected chi connectivity index (χ4v) is 4.33. The molecular weight excluding hydrogens is 336 g/mol. The topological polar surface area (TPSA) is 81.3 Å². The van der Waals surface area contributed by atoms with Crippen LogP contribution in [0.25, 0.3) is 10.2 Å². The van der Waals surface area contributed by atoms with E-state index in [1.54, 1.807) is 11.3 Å². The molecule has 0 aliphatic carbocycles. The highest BCUT2D eigenvalue weighted by atomic mass is 32.1. The number of para-hydroxylation sites is 1. The van der Waals surface area contributed by atoms with E-state index in [1.807, 2.05) is 36.1 Å². The van der Waals surface area contributed by atoms with E-state index in [-0.39, 0.29) is 12.5 Å². The van der Waals surface area contributed by atoms with Gasteiger partial charge in [-0.3, -0.25) is 4.79 Å². The van der Waals surface area contributed by atoms with Crippen LogP contribution < -0.4 is 10.5 Å². The first-order chi connectivity index (χ1) is 12.1. The Balaban J connectivity index is 1.49. The fraction of sp³-hybridized carbons (Fsp3) is 0.278. The number of nitrogen functional groups attached to an aromatic ring is 1. The van der Waals surface area contributed by atoms with E-state index < -0.39 is 0 Å². The minimum Gasteiger partial charge on any atom is -0.484 e. The van der Waals surface area contributed by atoms with Gasteiger partial charge in [-0.15, -0.1) is 11.3 Å². The Morgan fingerprint density at radius 3 is 3.04 bits per heavy atom. The molecule has 25 heavy (non-hydrogen) atoms. The number of carbonyl (C=O) groups excluding carboxylic acids is 1. The highest BCUT2D eigenvalue weighted by Gasteiger charge is 2.26. The molecule has 3 aromatic rings. The van der Waals surface area contributed by atoms with E-state index in [2.05, 4.69) is 9.97 Å². The van der Waals surface area contributed by atoms with Crippen LogP contribution in [0.2, 0.25) is 0 Å². The zero-order chi connectivity index (χ0) is 17.4. The number of nitrogens with zero attached hydrogens (tertiary/aromatic N) is 3. The number of ether oxygens (including phenoxy) is 1. The Labute approximate surface area is 149 Å². The molecule has 1 aliphatic rings. The van der Waals surface area contributed by atoms with Crippen LogP contribution in [-0.4, -0.2) is 33.9 Å². The van der Waals surface area contributed by atoms with Crippen LogP contribution in [0.4, 0.5) is 5.82 Å². The third-order valence-corrected chi connectivity index (χ3v) is 5.59. The number of anilines is 1. The first-order valence-corrected chi connectivity index (χ1v) is 8.92. The van der Waals surface area contributed by atoms with Crippen LogP contribution in [0.5, 0.6) is 5.75 Å². The second-order valence-corrected chi connectivity index (χ2v) is 7.15. The van der Waals surface area contributed by atoms with E-state index in [4.69, 9.17) is 10.5 Å². The molecule has 2 aromatic heterocycles. The van der Waals surface area contributed by atoms with Gasteiger partial charge in [-0.2, -0.15) is 0 Å². The summed E-state index contributed by atoms with van der Waals surface area (Å²) in [5.74, 6) is 1.26. The predicted molar refractivity (Wildman–Crippen MR) is 97.6 cm³/mol. The lowest BCUT2D eigenvalue weighted by molar-refractivity contribution is -0.134. The standard InChI is InChI=1S/C18H18N4O2S/c1-11-4-2-3-5-13(11)24-9-15(23)22-7-6-12-14(8-22)25-18-16(12)17(19)20-10-21-18/h2-5,10H,6-9H2,1H3,(H2,19,20,21). The summed E-state index contributed by atoms with van der Waals surface area (Å²) in [5, 5.41) is 0.950. The molecule has 7 heteroatoms. The number of hydrogen-bond acceptors (Lipinski definition) is 6. The van der Waals surface area contributed by atoms with Crippen molar-refractivity contribution >= 4 is 33.3 Å². The first-order valence-electron chi connectivity index (χ1n) is 8.10. The molecule has 0 bridgehead atoms. The molecule has 0 unspecified atom stereocenters. The van der Waals surface area contributed by atoms with Crippen LogP contribution in [0.3, 0.4) is 0 Å². The van der Waals surface area contributed by atoms with Gasteiger partial charge < -0.3 is 15.4 Å². The minimum atomic E-state index is -0.00887. The van der Waals surface area contributed by atoms with Gasteiger partial charge in [0.1, 0.15) is 22.7 Å². The lowest BCUT2D eigenvalue weighted by Crippen LogP contribution is -2.38. The number of nitrogens with two attached hydrogens (primary N) is 1. The maximum Gasteiger partial charge on any atom is 0.260 e. The van der Waals surface area contributed by atoms with Crippen molar-refractivity contribution in [2.45, 2.75) is 19.9 Å². The molecule has 2 N–H and O–H groups in total. The van der Waals surface area contributed by atoms with Gasteiger partial charge in [-0.05, 0) is 30.5 Å². The summed E-state index contributed by atoms with van der Waals surface area (Å²) in [5.41, 5.74) is 8.21. The molecule has 1 amide bonds. The summed E-state index contributed by atoms with van der Waals surface area (Å²) >= 11 is 1.59. The number of hydrogen-bond donors (Lipinski definition) is 1. The molecule has 0 saturated heterocycles. The highest BCUT2D eigenvalue weighted by molar-refractivity contribution is 7.19. The molecular formula is C18H18N4O2S. The predicted octanol–water partition coefficient (Wildman–Crippen LogP) is 2.55. The number of aryl methyl sites for hydroxylation is 1. The Morgan fingerprint density at radius 2 is 2.20 bits per heavy atom. The van der Waals surface area contributed by atoms with Gasteiger partial charge in [0.25, 0.3) is 5.91 Å². The molecule has 4 rings (SSSR count). The summed E-state index contributed by atoms with van der Waals surface area (Å²) in [4.78, 5) is 24.8. The summed E-state index contributed by atoms with van der Waals surface area (Å²) in [6.07, 6.45) is 2.25. The fourth-order valence-electron chi connectivity index (χ4n) is 3.11. The van der Waals surface area contributed by atoms with Gasteiger partial charge in [-0.25, -0.2) is 9.97 Å². The quantitative estimate of drug-likeness (QED) is 0.782. The number of fused-ring (bicyclic) bond motifs is 3. The highest BCUT2D eigenvalue weighted by Crippen LogP contribution is 2.36. The largest absolute Gasteiger partial charge is 0.484 e. The van der Waals surface area contributed by atoms with Crippen LogP contribution in [0, 0.1) is 6.92 Å². The van der Waals surface area contributed by atoms with Gasteiger partial charge in [0, 0.05) is 11.4 Å². The molecule has 0 radical (unpaired) electrons. The molecule has 0 saturated carbocycles. The van der Waals surface area contributed by atoms with Gasteiger partial charge in [0.05, 0.1) is 11.9 Å². The third kappa shape index (κ3) is 2.91. The van der Waals surface area contributed by atoms with E-state index in [9.17, 15) is 4.79 Å². The van der Waals surface area contributed by atoms with Gasteiger partial charge in [0.15, 0.2) is 6.61 Å². The van der Waals surface area contributed by atoms with Crippen LogP contribution >= 0.6 is 11.3 Å². The monoisotopic (exact) mass is 354 g/mol. The average Bonchev–Trinajstić information content (AvgIpc) is 2.99. The van der Waals surface area contributed by atoms with Crippen molar-refractivity contribution in [2.24, 2.45) is 0 Å². The Morgan fingerprint density at radius 1 is 1.36 bits per heavy atom. The summed E-state index contributed by atoms with van der Waals surface area (Å²) in [7, 11) is 0. The van der Waals surface area contributed by atoms with Crippen molar-refractivity contribution in [3.8, 4) is 5.75 Å². The summed E-state index contributed by atoms with van der Waals surface area (Å²) < 4.78 is 5.69. The number of carbonyl (C=O) groups is 1. The van der Waals surface area contributed by atoms with Crippen molar-refractivity contribution in [3.63, 3.8) is 0 Å². The second-order valence-electron chi connectivity index (χ2n) is 6.06. The lowest BCUT2D eigenvalue weighted by Gasteiger charge is -2.27. The van der Waals surface area contributed by atoms with Gasteiger partial charge >= 0.3 is 0 Å². The maximum atomic E-state index is 12.5. The van der Waals surface area contributed by atoms with E-state index >= 15 is 0 Å². The molecule has 1 aromatic carbocycles. The van der Waals surface area contributed by atoms with Crippen molar-refractivity contribution in [1.82, 2.24) is 14.9 Å². The number of amides is 1.